The Morgan fingerprint density at radius 2 is 1.41 bits per heavy atom. The van der Waals surface area contributed by atoms with E-state index in [-0.39, 0.29) is 26.2 Å². The molecule has 0 aromatic heterocycles. The Hall–Kier alpha value is -2.30. The van der Waals surface area contributed by atoms with Gasteiger partial charge in [-0.1, -0.05) is 78.4 Å². The second-order valence-electron chi connectivity index (χ2n) is 10.9. The number of hydrogen-bond acceptors (Lipinski definition) is 2. The van der Waals surface area contributed by atoms with Gasteiger partial charge in [0.2, 0.25) is 0 Å². The number of ether oxygens (including phenoxy) is 1. The molecule has 5 heteroatoms. The third-order valence-corrected chi connectivity index (χ3v) is 5.75. The summed E-state index contributed by atoms with van der Waals surface area (Å²) in [6, 6.07) is 13.2. The van der Waals surface area contributed by atoms with Gasteiger partial charge in [-0.05, 0) is 93.5 Å². The molecule has 0 atom stereocenters. The van der Waals surface area contributed by atoms with Crippen LogP contribution in [0.4, 0.5) is 13.2 Å². The summed E-state index contributed by atoms with van der Waals surface area (Å²) < 4.78 is 44.9. The normalized spacial score (nSPS) is 17.4. The Labute approximate surface area is 224 Å². The van der Waals surface area contributed by atoms with Gasteiger partial charge in [-0.15, -0.1) is 0 Å². The Morgan fingerprint density at radius 3 is 1.89 bits per heavy atom. The molecular formula is C32H49F3O2. The summed E-state index contributed by atoms with van der Waals surface area (Å²) in [5.74, 6) is -0.727. The second-order valence-corrected chi connectivity index (χ2v) is 10.9. The zero-order valence-electron chi connectivity index (χ0n) is 23.6. The summed E-state index contributed by atoms with van der Waals surface area (Å²) in [7, 11) is 0. The van der Waals surface area contributed by atoms with Gasteiger partial charge < -0.3 is 4.74 Å². The number of aryl methyl sites for hydroxylation is 1. The van der Waals surface area contributed by atoms with E-state index < -0.39 is 23.7 Å². The van der Waals surface area contributed by atoms with E-state index in [2.05, 4.69) is 20.8 Å². The molecule has 0 spiro atoms. The maximum absolute atomic E-state index is 13.1. The van der Waals surface area contributed by atoms with Crippen LogP contribution in [0.2, 0.25) is 0 Å². The summed E-state index contributed by atoms with van der Waals surface area (Å²) in [6.45, 7) is 18.0. The summed E-state index contributed by atoms with van der Waals surface area (Å²) in [5, 5.41) is 0. The lowest BCUT2D eigenvalue weighted by atomic mass is 9.75. The molecule has 0 unspecified atom stereocenters. The van der Waals surface area contributed by atoms with Crippen molar-refractivity contribution in [3.8, 4) is 11.1 Å². The van der Waals surface area contributed by atoms with Crippen LogP contribution in [0, 0.1) is 18.8 Å². The average Bonchev–Trinajstić information content (AvgIpc) is 2.78. The third kappa shape index (κ3) is 10.9. The molecule has 2 aromatic carbocycles. The van der Waals surface area contributed by atoms with Gasteiger partial charge in [-0.3, -0.25) is 0 Å². The highest BCUT2D eigenvalue weighted by molar-refractivity contribution is 5.98. The number of benzene rings is 2. The molecule has 1 aliphatic rings. The predicted molar refractivity (Wildman–Crippen MR) is 151 cm³/mol. The molecule has 0 N–H and O–H groups in total. The van der Waals surface area contributed by atoms with E-state index in [1.54, 1.807) is 12.1 Å². The molecule has 2 nitrogen and oxygen atoms in total. The van der Waals surface area contributed by atoms with E-state index in [9.17, 15) is 18.0 Å². The minimum atomic E-state index is -4.12. The molecule has 1 saturated carbocycles. The summed E-state index contributed by atoms with van der Waals surface area (Å²) in [4.78, 5) is 12.9. The molecule has 210 valence electrons. The van der Waals surface area contributed by atoms with Gasteiger partial charge >= 0.3 is 12.1 Å². The van der Waals surface area contributed by atoms with E-state index in [0.29, 0.717) is 18.4 Å². The van der Waals surface area contributed by atoms with Crippen molar-refractivity contribution in [1.29, 1.82) is 0 Å². The van der Waals surface area contributed by atoms with Crippen LogP contribution in [0.15, 0.2) is 42.5 Å². The molecule has 0 amide bonds. The number of esters is 1. The zero-order chi connectivity index (χ0) is 27.7. The molecule has 3 rings (SSSR count). The van der Waals surface area contributed by atoms with Crippen LogP contribution in [-0.2, 0) is 4.74 Å². The molecule has 37 heavy (non-hydrogen) atoms. The van der Waals surface area contributed by atoms with E-state index in [4.69, 9.17) is 4.74 Å². The van der Waals surface area contributed by atoms with Crippen molar-refractivity contribution in [2.45, 2.75) is 113 Å². The van der Waals surface area contributed by atoms with Crippen molar-refractivity contribution in [3.05, 3.63) is 59.2 Å². The van der Waals surface area contributed by atoms with Gasteiger partial charge in [0.25, 0.3) is 0 Å². The number of rotatable bonds is 3. The zero-order valence-corrected chi connectivity index (χ0v) is 23.6. The Balaban J connectivity index is 0.00000169. The lowest BCUT2D eigenvalue weighted by Gasteiger charge is -2.31. The van der Waals surface area contributed by atoms with Crippen LogP contribution < -0.4 is 0 Å². The summed E-state index contributed by atoms with van der Waals surface area (Å²) >= 11 is 0. The van der Waals surface area contributed by atoms with Crippen molar-refractivity contribution in [1.82, 2.24) is 0 Å². The Bertz CT molecular complexity index is 944. The highest BCUT2D eigenvalue weighted by Crippen LogP contribution is 2.46. The molecule has 0 aliphatic heterocycles. The Morgan fingerprint density at radius 1 is 0.892 bits per heavy atom. The van der Waals surface area contributed by atoms with Gasteiger partial charge in [0.05, 0.1) is 11.5 Å². The predicted octanol–water partition coefficient (Wildman–Crippen LogP) is 10.8. The average molecular weight is 523 g/mol. The summed E-state index contributed by atoms with van der Waals surface area (Å²) in [6.07, 6.45) is -2.83. The highest BCUT2D eigenvalue weighted by atomic mass is 19.4. The van der Waals surface area contributed by atoms with E-state index >= 15 is 0 Å². The maximum Gasteiger partial charge on any atom is 0.391 e. The molecule has 0 heterocycles. The number of hydrogen-bond donors (Lipinski definition) is 0. The minimum absolute atomic E-state index is 0. The van der Waals surface area contributed by atoms with Gasteiger partial charge in [0.15, 0.2) is 0 Å². The van der Waals surface area contributed by atoms with Gasteiger partial charge in [-0.2, -0.15) is 13.2 Å². The van der Waals surface area contributed by atoms with Crippen molar-refractivity contribution in [2.24, 2.45) is 11.8 Å². The fourth-order valence-electron chi connectivity index (χ4n) is 4.34. The first-order valence-electron chi connectivity index (χ1n) is 13.2. The first kappa shape index (κ1) is 34.7. The van der Waals surface area contributed by atoms with Crippen LogP contribution in [0.3, 0.4) is 0 Å². The van der Waals surface area contributed by atoms with Crippen LogP contribution >= 0.6 is 0 Å². The standard InChI is InChI=1S/C25H29F3O2.C4H10.C2H6.CH4/c1-16-8-7-11-19(17-12-14-18(15-13-17)25(26,27)28)22(16)20-9-5-6-10-21(20)23(29)30-24(2,3)4;1-4(2)3;1-2;/h5-11,17-18H,12-15H2,1-4H3;4H,1-3H3;1-2H3;1H4. The first-order valence-corrected chi connectivity index (χ1v) is 13.2. The maximum atomic E-state index is 13.1. The molecule has 0 radical (unpaired) electrons. The lowest BCUT2D eigenvalue weighted by Crippen LogP contribution is -2.27. The topological polar surface area (TPSA) is 26.3 Å². The van der Waals surface area contributed by atoms with Gasteiger partial charge in [0, 0.05) is 0 Å². The third-order valence-electron chi connectivity index (χ3n) is 5.75. The van der Waals surface area contributed by atoms with Crippen molar-refractivity contribution >= 4 is 5.97 Å². The summed E-state index contributed by atoms with van der Waals surface area (Å²) in [5.41, 5.74) is 3.60. The lowest BCUT2D eigenvalue weighted by molar-refractivity contribution is -0.182. The monoisotopic (exact) mass is 522 g/mol. The number of carbonyl (C=O) groups is 1. The first-order chi connectivity index (χ1) is 16.7. The Kier molecular flexibility index (Phi) is 14.2. The molecular weight excluding hydrogens is 473 g/mol. The van der Waals surface area contributed by atoms with Gasteiger partial charge in [-0.25, -0.2) is 4.79 Å². The molecule has 1 fully saturated rings. The largest absolute Gasteiger partial charge is 0.456 e. The van der Waals surface area contributed by atoms with Crippen molar-refractivity contribution in [3.63, 3.8) is 0 Å². The van der Waals surface area contributed by atoms with Crippen molar-refractivity contribution in [2.75, 3.05) is 0 Å². The van der Waals surface area contributed by atoms with Crippen LogP contribution in [0.1, 0.15) is 116 Å². The number of alkyl halides is 3. The van der Waals surface area contributed by atoms with E-state index in [1.165, 1.54) is 0 Å². The van der Waals surface area contributed by atoms with Crippen LogP contribution in [0.5, 0.6) is 0 Å². The molecule has 2 aromatic rings. The van der Waals surface area contributed by atoms with E-state index in [1.807, 2.05) is 71.9 Å². The smallest absolute Gasteiger partial charge is 0.391 e. The minimum Gasteiger partial charge on any atom is -0.456 e. The quantitative estimate of drug-likeness (QED) is 0.375. The fraction of sp³-hybridized carbons (Fsp3) is 0.594. The second kappa shape index (κ2) is 15.2. The van der Waals surface area contributed by atoms with Gasteiger partial charge in [0.1, 0.15) is 5.60 Å². The molecule has 1 aliphatic carbocycles. The molecule has 0 bridgehead atoms. The van der Waals surface area contributed by atoms with Crippen LogP contribution in [-0.4, -0.2) is 17.7 Å². The van der Waals surface area contributed by atoms with E-state index in [0.717, 1.165) is 28.2 Å². The highest BCUT2D eigenvalue weighted by Gasteiger charge is 2.42. The molecule has 0 saturated heterocycles. The fourth-order valence-corrected chi connectivity index (χ4v) is 4.34. The number of carbonyl (C=O) groups excluding carboxylic acids is 1. The number of halogens is 3. The van der Waals surface area contributed by atoms with Crippen molar-refractivity contribution < 1.29 is 22.7 Å². The SMILES string of the molecule is C.CC.CC(C)C.Cc1cccc(C2CCC(C(F)(F)F)CC2)c1-c1ccccc1C(=O)OC(C)(C)C. The van der Waals surface area contributed by atoms with Crippen LogP contribution in [0.25, 0.3) is 11.1 Å².